The van der Waals surface area contributed by atoms with Gasteiger partial charge in [0.25, 0.3) is 5.91 Å². The van der Waals surface area contributed by atoms with Crippen LogP contribution < -0.4 is 5.32 Å². The van der Waals surface area contributed by atoms with Crippen molar-refractivity contribution in [1.82, 2.24) is 25.0 Å². The fourth-order valence-corrected chi connectivity index (χ4v) is 3.84. The number of alkyl halides is 3. The van der Waals surface area contributed by atoms with E-state index in [0.717, 1.165) is 31.9 Å². The molecule has 1 amide bonds. The highest BCUT2D eigenvalue weighted by Crippen LogP contribution is 2.29. The van der Waals surface area contributed by atoms with E-state index in [1.807, 2.05) is 13.8 Å². The van der Waals surface area contributed by atoms with E-state index in [0.29, 0.717) is 30.3 Å². The van der Waals surface area contributed by atoms with Crippen molar-refractivity contribution in [3.63, 3.8) is 0 Å². The lowest BCUT2D eigenvalue weighted by molar-refractivity contribution is -0.137. The van der Waals surface area contributed by atoms with Crippen molar-refractivity contribution in [1.29, 1.82) is 0 Å². The quantitative estimate of drug-likeness (QED) is 0.695. The van der Waals surface area contributed by atoms with Crippen LogP contribution in [0.25, 0.3) is 5.82 Å². The third kappa shape index (κ3) is 5.86. The van der Waals surface area contributed by atoms with E-state index in [1.165, 1.54) is 16.9 Å². The molecule has 7 nitrogen and oxygen atoms in total. The maximum Gasteiger partial charge on any atom is 0.417 e. The molecular formula is C22H30F3N5O2. The van der Waals surface area contributed by atoms with Gasteiger partial charge < -0.3 is 10.1 Å². The smallest absolute Gasteiger partial charge is 0.374 e. The predicted octanol–water partition coefficient (Wildman–Crippen LogP) is 3.50. The molecule has 1 aliphatic rings. The number of pyridine rings is 1. The van der Waals surface area contributed by atoms with E-state index in [9.17, 15) is 18.0 Å². The summed E-state index contributed by atoms with van der Waals surface area (Å²) in [7, 11) is 0. The first-order valence-corrected chi connectivity index (χ1v) is 10.8. The number of halogens is 3. The summed E-state index contributed by atoms with van der Waals surface area (Å²) in [6, 6.07) is 2.21. The predicted molar refractivity (Wildman–Crippen MR) is 114 cm³/mol. The molecule has 0 aromatic carbocycles. The molecule has 0 aliphatic carbocycles. The first-order chi connectivity index (χ1) is 15.1. The van der Waals surface area contributed by atoms with Crippen LogP contribution in [0.5, 0.6) is 0 Å². The molecule has 0 spiro atoms. The van der Waals surface area contributed by atoms with Gasteiger partial charge in [-0.2, -0.15) is 18.3 Å². The number of amides is 1. The normalized spacial score (nSPS) is 17.8. The van der Waals surface area contributed by atoms with Crippen molar-refractivity contribution >= 4 is 5.91 Å². The number of nitrogens with one attached hydrogen (secondary N) is 1. The SMILES string of the molecule is CC(C)CN1CCOC(CNC(=O)c2cnn(-c3ccc(C(F)(F)F)cn3)c2C(C)C)C1. The maximum absolute atomic E-state index is 12.9. The second-order valence-corrected chi connectivity index (χ2v) is 8.77. The Morgan fingerprint density at radius 2 is 2.00 bits per heavy atom. The molecule has 176 valence electrons. The summed E-state index contributed by atoms with van der Waals surface area (Å²) in [5, 5.41) is 7.15. The zero-order valence-electron chi connectivity index (χ0n) is 18.8. The van der Waals surface area contributed by atoms with Crippen LogP contribution in [0.15, 0.2) is 24.5 Å². The fraction of sp³-hybridized carbons (Fsp3) is 0.591. The Balaban J connectivity index is 1.71. The zero-order chi connectivity index (χ0) is 23.5. The van der Waals surface area contributed by atoms with Crippen molar-refractivity contribution in [3.8, 4) is 5.82 Å². The Hall–Kier alpha value is -2.46. The number of ether oxygens (including phenoxy) is 1. The number of rotatable bonds is 7. The number of carbonyl (C=O) groups excluding carboxylic acids is 1. The van der Waals surface area contributed by atoms with E-state index >= 15 is 0 Å². The molecule has 32 heavy (non-hydrogen) atoms. The average Bonchev–Trinajstić information content (AvgIpc) is 3.17. The number of aromatic nitrogens is 3. The Bertz CT molecular complexity index is 909. The van der Waals surface area contributed by atoms with Gasteiger partial charge in [-0.15, -0.1) is 0 Å². The summed E-state index contributed by atoms with van der Waals surface area (Å²) < 4.78 is 45.7. The van der Waals surface area contributed by atoms with Gasteiger partial charge in [0, 0.05) is 32.4 Å². The molecule has 1 fully saturated rings. The highest BCUT2D eigenvalue weighted by Gasteiger charge is 2.31. The third-order valence-corrected chi connectivity index (χ3v) is 5.23. The summed E-state index contributed by atoms with van der Waals surface area (Å²) in [6.45, 7) is 11.7. The van der Waals surface area contributed by atoms with Crippen LogP contribution in [-0.2, 0) is 10.9 Å². The Labute approximate surface area is 186 Å². The minimum atomic E-state index is -4.46. The van der Waals surface area contributed by atoms with Crippen LogP contribution in [0.3, 0.4) is 0 Å². The monoisotopic (exact) mass is 453 g/mol. The van der Waals surface area contributed by atoms with Gasteiger partial charge >= 0.3 is 6.18 Å². The summed E-state index contributed by atoms with van der Waals surface area (Å²) in [5.41, 5.74) is 0.119. The number of carbonyl (C=O) groups is 1. The highest BCUT2D eigenvalue weighted by atomic mass is 19.4. The molecule has 0 radical (unpaired) electrons. The second-order valence-electron chi connectivity index (χ2n) is 8.77. The lowest BCUT2D eigenvalue weighted by Crippen LogP contribution is -2.48. The molecule has 2 aromatic rings. The molecule has 0 bridgehead atoms. The lowest BCUT2D eigenvalue weighted by atomic mass is 10.1. The maximum atomic E-state index is 12.9. The van der Waals surface area contributed by atoms with Gasteiger partial charge in [0.05, 0.1) is 35.7 Å². The number of hydrogen-bond acceptors (Lipinski definition) is 5. The van der Waals surface area contributed by atoms with Gasteiger partial charge in [0.2, 0.25) is 0 Å². The molecule has 2 aromatic heterocycles. The van der Waals surface area contributed by atoms with Crippen LogP contribution in [0.2, 0.25) is 0 Å². The summed E-state index contributed by atoms with van der Waals surface area (Å²) >= 11 is 0. The minimum absolute atomic E-state index is 0.0967. The number of nitrogens with zero attached hydrogens (tertiary/aromatic N) is 4. The van der Waals surface area contributed by atoms with Crippen LogP contribution in [-0.4, -0.2) is 64.5 Å². The van der Waals surface area contributed by atoms with Crippen LogP contribution in [0.1, 0.15) is 55.2 Å². The molecular weight excluding hydrogens is 423 g/mol. The number of hydrogen-bond donors (Lipinski definition) is 1. The molecule has 3 heterocycles. The molecule has 0 saturated carbocycles. The van der Waals surface area contributed by atoms with Crippen molar-refractivity contribution in [2.75, 3.05) is 32.8 Å². The first kappa shape index (κ1) is 24.2. The van der Waals surface area contributed by atoms with E-state index in [1.54, 1.807) is 0 Å². The van der Waals surface area contributed by atoms with Crippen molar-refractivity contribution < 1.29 is 22.7 Å². The van der Waals surface area contributed by atoms with Crippen molar-refractivity contribution in [3.05, 3.63) is 41.3 Å². The standard InChI is InChI=1S/C22H30F3N5O2/c1-14(2)12-29-7-8-32-17(13-29)10-27-21(31)18-11-28-30(20(18)15(3)4)19-6-5-16(9-26-19)22(23,24)25/h5-6,9,11,14-15,17H,7-8,10,12-13H2,1-4H3,(H,27,31). The van der Waals surface area contributed by atoms with Gasteiger partial charge in [0.15, 0.2) is 5.82 Å². The summed E-state index contributed by atoms with van der Waals surface area (Å²) in [5.74, 6) is 0.383. The van der Waals surface area contributed by atoms with E-state index in [-0.39, 0.29) is 23.7 Å². The zero-order valence-corrected chi connectivity index (χ0v) is 18.8. The molecule has 1 N–H and O–H groups in total. The van der Waals surface area contributed by atoms with Crippen LogP contribution in [0, 0.1) is 5.92 Å². The van der Waals surface area contributed by atoms with Crippen LogP contribution in [0.4, 0.5) is 13.2 Å². The van der Waals surface area contributed by atoms with Gasteiger partial charge in [-0.25, -0.2) is 9.67 Å². The first-order valence-electron chi connectivity index (χ1n) is 10.8. The second kappa shape index (κ2) is 9.99. The Morgan fingerprint density at radius 3 is 2.59 bits per heavy atom. The topological polar surface area (TPSA) is 72.3 Å². The van der Waals surface area contributed by atoms with Gasteiger partial charge in [-0.05, 0) is 24.0 Å². The molecule has 1 saturated heterocycles. The minimum Gasteiger partial charge on any atom is -0.374 e. The highest BCUT2D eigenvalue weighted by molar-refractivity contribution is 5.95. The molecule has 1 atom stereocenters. The number of morpholine rings is 1. The Morgan fingerprint density at radius 1 is 1.25 bits per heavy atom. The fourth-order valence-electron chi connectivity index (χ4n) is 3.84. The van der Waals surface area contributed by atoms with Gasteiger partial charge in [-0.3, -0.25) is 9.69 Å². The van der Waals surface area contributed by atoms with Crippen LogP contribution >= 0.6 is 0 Å². The summed E-state index contributed by atoms with van der Waals surface area (Å²) in [6.07, 6.45) is -2.37. The molecule has 10 heteroatoms. The molecule has 3 rings (SSSR count). The van der Waals surface area contributed by atoms with E-state index < -0.39 is 11.7 Å². The van der Waals surface area contributed by atoms with Crippen molar-refractivity contribution in [2.45, 2.75) is 45.9 Å². The van der Waals surface area contributed by atoms with Gasteiger partial charge in [0.1, 0.15) is 0 Å². The lowest BCUT2D eigenvalue weighted by Gasteiger charge is -2.33. The molecule has 1 aliphatic heterocycles. The van der Waals surface area contributed by atoms with E-state index in [4.69, 9.17) is 4.74 Å². The third-order valence-electron chi connectivity index (χ3n) is 5.23. The van der Waals surface area contributed by atoms with Crippen molar-refractivity contribution in [2.24, 2.45) is 5.92 Å². The molecule has 1 unspecified atom stereocenters. The Kier molecular flexibility index (Phi) is 7.55. The van der Waals surface area contributed by atoms with E-state index in [2.05, 4.69) is 34.1 Å². The summed E-state index contributed by atoms with van der Waals surface area (Å²) in [4.78, 5) is 19.1. The van der Waals surface area contributed by atoms with Gasteiger partial charge in [-0.1, -0.05) is 27.7 Å². The average molecular weight is 454 g/mol. The largest absolute Gasteiger partial charge is 0.417 e.